The summed E-state index contributed by atoms with van der Waals surface area (Å²) in [4.78, 5) is 22.4. The number of rotatable bonds is 3. The maximum Gasteiger partial charge on any atom is 0.323 e. The molecular weight excluding hydrogens is 270 g/mol. The standard InChI is InChI=1S/C15H15N3O3/c19-13-14(20)17-18(15(21)16-13)9-8-11-6-3-5-10-4-1-2-7-12(10)11/h1-7,15,21H,8-9H2,(H,16,19)(H,17,20). The number of aliphatic hydroxyl groups excluding tert-OH is 1. The summed E-state index contributed by atoms with van der Waals surface area (Å²) in [5, 5.41) is 15.5. The summed E-state index contributed by atoms with van der Waals surface area (Å²) in [6, 6.07) is 14.1. The van der Waals surface area contributed by atoms with E-state index in [0.717, 1.165) is 16.3 Å². The molecule has 108 valence electrons. The van der Waals surface area contributed by atoms with E-state index < -0.39 is 18.2 Å². The molecule has 21 heavy (non-hydrogen) atoms. The van der Waals surface area contributed by atoms with Crippen molar-refractivity contribution in [2.24, 2.45) is 0 Å². The number of aliphatic hydroxyl groups is 1. The Labute approximate surface area is 121 Å². The Morgan fingerprint density at radius 1 is 1.05 bits per heavy atom. The van der Waals surface area contributed by atoms with Crippen molar-refractivity contribution in [1.29, 1.82) is 0 Å². The summed E-state index contributed by atoms with van der Waals surface area (Å²) < 4.78 is 0. The van der Waals surface area contributed by atoms with Gasteiger partial charge < -0.3 is 10.4 Å². The fourth-order valence-electron chi connectivity index (χ4n) is 2.43. The van der Waals surface area contributed by atoms with Crippen LogP contribution in [0.3, 0.4) is 0 Å². The molecule has 3 rings (SSSR count). The van der Waals surface area contributed by atoms with Gasteiger partial charge in [0.15, 0.2) is 0 Å². The number of hydrogen-bond acceptors (Lipinski definition) is 4. The third-order valence-electron chi connectivity index (χ3n) is 3.51. The van der Waals surface area contributed by atoms with Crippen LogP contribution in [0.5, 0.6) is 0 Å². The lowest BCUT2D eigenvalue weighted by Gasteiger charge is -2.32. The second-order valence-corrected chi connectivity index (χ2v) is 4.87. The highest BCUT2D eigenvalue weighted by Crippen LogP contribution is 2.19. The number of hydrogen-bond donors (Lipinski definition) is 3. The summed E-state index contributed by atoms with van der Waals surface area (Å²) in [5.74, 6) is -1.60. The maximum absolute atomic E-state index is 11.3. The molecule has 0 saturated carbocycles. The Bertz CT molecular complexity index is 696. The molecule has 1 fully saturated rings. The second kappa shape index (κ2) is 5.51. The molecule has 0 radical (unpaired) electrons. The largest absolute Gasteiger partial charge is 0.360 e. The van der Waals surface area contributed by atoms with Crippen LogP contribution >= 0.6 is 0 Å². The SMILES string of the molecule is O=C1NC(O)N(CCc2cccc3ccccc23)NC1=O. The van der Waals surface area contributed by atoms with Gasteiger partial charge >= 0.3 is 11.8 Å². The van der Waals surface area contributed by atoms with Gasteiger partial charge in [0.1, 0.15) is 0 Å². The van der Waals surface area contributed by atoms with Gasteiger partial charge in [0.05, 0.1) is 0 Å². The van der Waals surface area contributed by atoms with E-state index in [4.69, 9.17) is 0 Å². The average molecular weight is 285 g/mol. The van der Waals surface area contributed by atoms with Crippen molar-refractivity contribution in [3.05, 3.63) is 48.0 Å². The van der Waals surface area contributed by atoms with E-state index in [0.29, 0.717) is 13.0 Å². The summed E-state index contributed by atoms with van der Waals surface area (Å²) in [7, 11) is 0. The van der Waals surface area contributed by atoms with Crippen LogP contribution in [0.15, 0.2) is 42.5 Å². The molecule has 6 heteroatoms. The molecule has 1 unspecified atom stereocenters. The third kappa shape index (κ3) is 2.72. The van der Waals surface area contributed by atoms with Crippen LogP contribution < -0.4 is 10.7 Å². The van der Waals surface area contributed by atoms with Crippen LogP contribution in [0.2, 0.25) is 0 Å². The first-order chi connectivity index (χ1) is 10.1. The number of nitrogens with one attached hydrogen (secondary N) is 2. The van der Waals surface area contributed by atoms with Gasteiger partial charge in [0, 0.05) is 6.54 Å². The van der Waals surface area contributed by atoms with Crippen molar-refractivity contribution >= 4 is 22.6 Å². The van der Waals surface area contributed by atoms with E-state index in [1.54, 1.807) is 0 Å². The van der Waals surface area contributed by atoms with Crippen molar-refractivity contribution in [2.45, 2.75) is 12.8 Å². The van der Waals surface area contributed by atoms with Crippen LogP contribution in [0.25, 0.3) is 10.8 Å². The fraction of sp³-hybridized carbons (Fsp3) is 0.200. The summed E-state index contributed by atoms with van der Waals surface area (Å²) in [6.45, 7) is 0.390. The number of nitrogens with zero attached hydrogens (tertiary/aromatic N) is 1. The minimum atomic E-state index is -1.20. The molecule has 1 aliphatic rings. The van der Waals surface area contributed by atoms with Crippen LogP contribution in [0.1, 0.15) is 5.56 Å². The lowest BCUT2D eigenvalue weighted by Crippen LogP contribution is -2.65. The Morgan fingerprint density at radius 2 is 1.81 bits per heavy atom. The maximum atomic E-state index is 11.3. The van der Waals surface area contributed by atoms with E-state index in [1.165, 1.54) is 5.01 Å². The van der Waals surface area contributed by atoms with Gasteiger partial charge in [-0.2, -0.15) is 5.01 Å². The molecule has 1 heterocycles. The fourth-order valence-corrected chi connectivity index (χ4v) is 2.43. The molecule has 0 aliphatic carbocycles. The first-order valence-corrected chi connectivity index (χ1v) is 6.68. The Kier molecular flexibility index (Phi) is 3.55. The summed E-state index contributed by atoms with van der Waals surface area (Å²) in [6.07, 6.45) is -0.570. The number of fused-ring (bicyclic) bond motifs is 1. The van der Waals surface area contributed by atoms with Gasteiger partial charge in [-0.3, -0.25) is 15.0 Å². The normalized spacial score (nSPS) is 19.4. The Balaban J connectivity index is 1.75. The summed E-state index contributed by atoms with van der Waals surface area (Å²) >= 11 is 0. The molecule has 2 aromatic carbocycles. The topological polar surface area (TPSA) is 81.7 Å². The highest BCUT2D eigenvalue weighted by molar-refractivity contribution is 6.35. The highest BCUT2D eigenvalue weighted by atomic mass is 16.3. The number of carbonyl (C=O) groups excluding carboxylic acids is 2. The molecule has 2 aromatic rings. The Hall–Kier alpha value is -2.44. The predicted molar refractivity (Wildman–Crippen MR) is 76.7 cm³/mol. The van der Waals surface area contributed by atoms with Crippen molar-refractivity contribution in [2.75, 3.05) is 6.54 Å². The molecule has 3 N–H and O–H groups in total. The first kappa shape index (κ1) is 13.5. The lowest BCUT2D eigenvalue weighted by molar-refractivity contribution is -0.160. The molecule has 1 aliphatic heterocycles. The van der Waals surface area contributed by atoms with E-state index in [9.17, 15) is 14.7 Å². The second-order valence-electron chi connectivity index (χ2n) is 4.87. The number of carbonyl (C=O) groups is 2. The monoisotopic (exact) mass is 285 g/mol. The van der Waals surface area contributed by atoms with Crippen molar-refractivity contribution in [3.8, 4) is 0 Å². The molecule has 1 saturated heterocycles. The van der Waals surface area contributed by atoms with Crippen LogP contribution in [-0.2, 0) is 16.0 Å². The zero-order chi connectivity index (χ0) is 14.8. The minimum absolute atomic E-state index is 0.390. The van der Waals surface area contributed by atoms with Crippen LogP contribution in [0.4, 0.5) is 0 Å². The molecule has 0 spiro atoms. The smallest absolute Gasteiger partial charge is 0.323 e. The number of amides is 2. The van der Waals surface area contributed by atoms with Gasteiger partial charge in [-0.05, 0) is 22.8 Å². The van der Waals surface area contributed by atoms with Crippen LogP contribution in [-0.4, -0.2) is 34.8 Å². The number of benzene rings is 2. The van der Waals surface area contributed by atoms with Gasteiger partial charge in [-0.25, -0.2) is 0 Å². The summed E-state index contributed by atoms with van der Waals surface area (Å²) in [5.41, 5.74) is 3.48. The molecule has 1 atom stereocenters. The number of hydrazine groups is 1. The molecule has 2 amide bonds. The third-order valence-corrected chi connectivity index (χ3v) is 3.51. The predicted octanol–water partition coefficient (Wildman–Crippen LogP) is 0.121. The van der Waals surface area contributed by atoms with Gasteiger partial charge in [-0.1, -0.05) is 42.5 Å². The van der Waals surface area contributed by atoms with E-state index >= 15 is 0 Å². The van der Waals surface area contributed by atoms with Gasteiger partial charge in [0.2, 0.25) is 6.35 Å². The molecular formula is C15H15N3O3. The Morgan fingerprint density at radius 3 is 2.67 bits per heavy atom. The van der Waals surface area contributed by atoms with E-state index in [-0.39, 0.29) is 0 Å². The quantitative estimate of drug-likeness (QED) is 0.700. The molecule has 0 bridgehead atoms. The molecule has 0 aromatic heterocycles. The van der Waals surface area contributed by atoms with Gasteiger partial charge in [0.25, 0.3) is 0 Å². The molecule has 6 nitrogen and oxygen atoms in total. The van der Waals surface area contributed by atoms with Crippen molar-refractivity contribution in [1.82, 2.24) is 15.8 Å². The van der Waals surface area contributed by atoms with E-state index in [2.05, 4.69) is 10.7 Å². The van der Waals surface area contributed by atoms with E-state index in [1.807, 2.05) is 42.5 Å². The highest BCUT2D eigenvalue weighted by Gasteiger charge is 2.29. The van der Waals surface area contributed by atoms with Crippen molar-refractivity contribution < 1.29 is 14.7 Å². The minimum Gasteiger partial charge on any atom is -0.360 e. The van der Waals surface area contributed by atoms with Crippen LogP contribution in [0, 0.1) is 0 Å². The zero-order valence-electron chi connectivity index (χ0n) is 11.2. The van der Waals surface area contributed by atoms with Crippen molar-refractivity contribution in [3.63, 3.8) is 0 Å². The lowest BCUT2D eigenvalue weighted by atomic mass is 10.0. The first-order valence-electron chi connectivity index (χ1n) is 6.68. The zero-order valence-corrected chi connectivity index (χ0v) is 11.2. The average Bonchev–Trinajstić information content (AvgIpc) is 2.49. The van der Waals surface area contributed by atoms with Gasteiger partial charge in [-0.15, -0.1) is 0 Å².